The van der Waals surface area contributed by atoms with Crippen LogP contribution in [0.2, 0.25) is 0 Å². The third-order valence-corrected chi connectivity index (χ3v) is 4.73. The Balaban J connectivity index is 1.76. The van der Waals surface area contributed by atoms with E-state index in [4.69, 9.17) is 0 Å². The maximum atomic E-state index is 12.5. The molecule has 154 valence electrons. The zero-order valence-corrected chi connectivity index (χ0v) is 17.2. The van der Waals surface area contributed by atoms with E-state index in [1.165, 1.54) is 12.6 Å². The molecule has 1 aromatic heterocycles. The summed E-state index contributed by atoms with van der Waals surface area (Å²) < 4.78 is 0. The zero-order chi connectivity index (χ0) is 21.3. The lowest BCUT2D eigenvalue weighted by Gasteiger charge is -2.13. The van der Waals surface area contributed by atoms with Gasteiger partial charge in [0.15, 0.2) is 5.69 Å². The number of aryl methyl sites for hydroxylation is 1. The molecule has 2 amide bonds. The smallest absolute Gasteiger partial charge is 0.271 e. The van der Waals surface area contributed by atoms with E-state index in [1.54, 1.807) is 12.3 Å². The first-order valence-corrected chi connectivity index (χ1v) is 9.96. The molecule has 0 aliphatic rings. The number of benzene rings is 2. The van der Waals surface area contributed by atoms with E-state index in [1.807, 2.05) is 42.5 Å². The second kappa shape index (κ2) is 10.3. The van der Waals surface area contributed by atoms with Crippen LogP contribution in [-0.2, 0) is 17.8 Å². The van der Waals surface area contributed by atoms with Gasteiger partial charge in [-0.25, -0.2) is 4.98 Å². The van der Waals surface area contributed by atoms with Gasteiger partial charge in [0, 0.05) is 25.4 Å². The van der Waals surface area contributed by atoms with Gasteiger partial charge in [0.2, 0.25) is 5.91 Å². The SMILES string of the molecule is CCc1cccc(-c2cnc(C(=O)NC)c(NC(=O)CNCc3ccccc3)c2)c1. The number of amides is 2. The van der Waals surface area contributed by atoms with Crippen LogP contribution in [0.4, 0.5) is 5.69 Å². The molecule has 0 aliphatic carbocycles. The number of rotatable bonds is 8. The first kappa shape index (κ1) is 21.2. The second-order valence-corrected chi connectivity index (χ2v) is 6.89. The number of nitrogens with one attached hydrogen (secondary N) is 3. The Morgan fingerprint density at radius 3 is 2.43 bits per heavy atom. The number of hydrogen-bond donors (Lipinski definition) is 3. The number of hydrogen-bond acceptors (Lipinski definition) is 4. The number of nitrogens with zero attached hydrogens (tertiary/aromatic N) is 1. The van der Waals surface area contributed by atoms with E-state index >= 15 is 0 Å². The van der Waals surface area contributed by atoms with Crippen LogP contribution in [0.3, 0.4) is 0 Å². The molecule has 3 N–H and O–H groups in total. The van der Waals surface area contributed by atoms with Crippen LogP contribution in [0.15, 0.2) is 66.9 Å². The van der Waals surface area contributed by atoms with Crippen molar-refractivity contribution in [2.45, 2.75) is 19.9 Å². The van der Waals surface area contributed by atoms with Gasteiger partial charge in [-0.1, -0.05) is 61.5 Å². The normalized spacial score (nSPS) is 10.5. The lowest BCUT2D eigenvalue weighted by molar-refractivity contribution is -0.115. The summed E-state index contributed by atoms with van der Waals surface area (Å²) in [5.41, 5.74) is 4.70. The van der Waals surface area contributed by atoms with Gasteiger partial charge < -0.3 is 16.0 Å². The van der Waals surface area contributed by atoms with Crippen molar-refractivity contribution >= 4 is 17.5 Å². The van der Waals surface area contributed by atoms with Gasteiger partial charge in [0.25, 0.3) is 5.91 Å². The number of anilines is 1. The summed E-state index contributed by atoms with van der Waals surface area (Å²) in [5, 5.41) is 8.51. The fourth-order valence-corrected chi connectivity index (χ4v) is 3.10. The highest BCUT2D eigenvalue weighted by Crippen LogP contribution is 2.25. The quantitative estimate of drug-likeness (QED) is 0.539. The first-order valence-electron chi connectivity index (χ1n) is 9.96. The van der Waals surface area contributed by atoms with Crippen molar-refractivity contribution in [2.75, 3.05) is 18.9 Å². The van der Waals surface area contributed by atoms with Gasteiger partial charge in [-0.2, -0.15) is 0 Å². The van der Waals surface area contributed by atoms with E-state index in [0.29, 0.717) is 12.2 Å². The van der Waals surface area contributed by atoms with Crippen LogP contribution in [0.25, 0.3) is 11.1 Å². The molecule has 0 atom stereocenters. The fraction of sp³-hybridized carbons (Fsp3) is 0.208. The highest BCUT2D eigenvalue weighted by Gasteiger charge is 2.15. The summed E-state index contributed by atoms with van der Waals surface area (Å²) in [6, 6.07) is 19.8. The van der Waals surface area contributed by atoms with Gasteiger partial charge in [-0.15, -0.1) is 0 Å². The average molecular weight is 402 g/mol. The maximum absolute atomic E-state index is 12.5. The molecular weight excluding hydrogens is 376 g/mol. The van der Waals surface area contributed by atoms with Crippen molar-refractivity contribution in [1.82, 2.24) is 15.6 Å². The molecule has 0 fully saturated rings. The van der Waals surface area contributed by atoms with Crippen molar-refractivity contribution in [3.05, 3.63) is 83.7 Å². The molecule has 0 bridgehead atoms. The number of carbonyl (C=O) groups excluding carboxylic acids is 2. The van der Waals surface area contributed by atoms with Crippen LogP contribution in [0.5, 0.6) is 0 Å². The van der Waals surface area contributed by atoms with Gasteiger partial charge in [0.1, 0.15) is 0 Å². The molecule has 1 heterocycles. The summed E-state index contributed by atoms with van der Waals surface area (Å²) in [7, 11) is 1.54. The van der Waals surface area contributed by atoms with Crippen molar-refractivity contribution in [3.8, 4) is 11.1 Å². The largest absolute Gasteiger partial charge is 0.354 e. The van der Waals surface area contributed by atoms with Crippen molar-refractivity contribution in [3.63, 3.8) is 0 Å². The Hall–Kier alpha value is -3.51. The molecule has 0 saturated heterocycles. The summed E-state index contributed by atoms with van der Waals surface area (Å²) in [6.07, 6.45) is 2.58. The lowest BCUT2D eigenvalue weighted by Crippen LogP contribution is -2.29. The number of carbonyl (C=O) groups is 2. The van der Waals surface area contributed by atoms with Crippen LogP contribution in [0, 0.1) is 0 Å². The second-order valence-electron chi connectivity index (χ2n) is 6.89. The lowest BCUT2D eigenvalue weighted by atomic mass is 10.0. The summed E-state index contributed by atoms with van der Waals surface area (Å²) in [4.78, 5) is 29.0. The molecule has 6 nitrogen and oxygen atoms in total. The summed E-state index contributed by atoms with van der Waals surface area (Å²) in [5.74, 6) is -0.589. The number of aromatic nitrogens is 1. The van der Waals surface area contributed by atoms with Gasteiger partial charge in [-0.3, -0.25) is 9.59 Å². The minimum atomic E-state index is -0.351. The topological polar surface area (TPSA) is 83.1 Å². The molecule has 0 radical (unpaired) electrons. The van der Waals surface area contributed by atoms with E-state index in [9.17, 15) is 9.59 Å². The average Bonchev–Trinajstić information content (AvgIpc) is 2.79. The predicted octanol–water partition coefficient (Wildman–Crippen LogP) is 3.40. The predicted molar refractivity (Wildman–Crippen MR) is 119 cm³/mol. The van der Waals surface area contributed by atoms with Crippen molar-refractivity contribution in [2.24, 2.45) is 0 Å². The minimum Gasteiger partial charge on any atom is -0.354 e. The maximum Gasteiger partial charge on any atom is 0.271 e. The Labute approximate surface area is 176 Å². The number of pyridine rings is 1. The molecule has 30 heavy (non-hydrogen) atoms. The Morgan fingerprint density at radius 2 is 1.70 bits per heavy atom. The summed E-state index contributed by atoms with van der Waals surface area (Å²) in [6.45, 7) is 2.80. The third-order valence-electron chi connectivity index (χ3n) is 4.73. The minimum absolute atomic E-state index is 0.123. The molecule has 0 unspecified atom stereocenters. The Kier molecular flexibility index (Phi) is 7.29. The monoisotopic (exact) mass is 402 g/mol. The van der Waals surface area contributed by atoms with Crippen molar-refractivity contribution < 1.29 is 9.59 Å². The van der Waals surface area contributed by atoms with Crippen LogP contribution in [-0.4, -0.2) is 30.4 Å². The molecule has 0 aliphatic heterocycles. The van der Waals surface area contributed by atoms with Crippen LogP contribution in [0.1, 0.15) is 28.5 Å². The fourth-order valence-electron chi connectivity index (χ4n) is 3.10. The van der Waals surface area contributed by atoms with Crippen LogP contribution < -0.4 is 16.0 Å². The molecule has 3 aromatic rings. The zero-order valence-electron chi connectivity index (χ0n) is 17.2. The highest BCUT2D eigenvalue weighted by molar-refractivity contribution is 6.03. The third kappa shape index (κ3) is 5.52. The molecule has 3 rings (SSSR count). The van der Waals surface area contributed by atoms with E-state index in [0.717, 1.165) is 23.1 Å². The summed E-state index contributed by atoms with van der Waals surface area (Å²) >= 11 is 0. The van der Waals surface area contributed by atoms with Gasteiger partial charge in [0.05, 0.1) is 12.2 Å². The van der Waals surface area contributed by atoms with E-state index in [2.05, 4.69) is 40.0 Å². The Morgan fingerprint density at radius 1 is 0.933 bits per heavy atom. The van der Waals surface area contributed by atoms with Gasteiger partial charge >= 0.3 is 0 Å². The van der Waals surface area contributed by atoms with Crippen molar-refractivity contribution in [1.29, 1.82) is 0 Å². The molecule has 0 saturated carbocycles. The molecule has 2 aromatic carbocycles. The molecule has 6 heteroatoms. The van der Waals surface area contributed by atoms with E-state index in [-0.39, 0.29) is 24.1 Å². The van der Waals surface area contributed by atoms with E-state index < -0.39 is 0 Å². The van der Waals surface area contributed by atoms with Crippen LogP contribution >= 0.6 is 0 Å². The molecule has 0 spiro atoms. The standard InChI is InChI=1S/C24H26N4O2/c1-3-17-10-7-11-19(12-17)20-13-21(23(27-15-20)24(30)25-2)28-22(29)16-26-14-18-8-5-4-6-9-18/h4-13,15,26H,3,14,16H2,1-2H3,(H,25,30)(H,28,29). The van der Waals surface area contributed by atoms with Gasteiger partial charge in [-0.05, 0) is 29.2 Å². The highest BCUT2D eigenvalue weighted by atomic mass is 16.2. The molecular formula is C24H26N4O2. The first-order chi connectivity index (χ1) is 14.6. The Bertz CT molecular complexity index is 1020.